The molecule has 3 aromatic carbocycles. The lowest BCUT2D eigenvalue weighted by Crippen LogP contribution is -2.32. The van der Waals surface area contributed by atoms with E-state index in [4.69, 9.17) is 17.0 Å². The molecule has 228 valence electrons. The summed E-state index contributed by atoms with van der Waals surface area (Å²) in [6, 6.07) is 18.6. The molecule has 0 radical (unpaired) electrons. The monoisotopic (exact) mass is 640 g/mol. The van der Waals surface area contributed by atoms with Gasteiger partial charge in [-0.05, 0) is 78.7 Å². The number of thiocarbonyl (C=S) groups is 1. The van der Waals surface area contributed by atoms with Crippen LogP contribution in [0.25, 0.3) is 17.1 Å². The second-order valence-corrected chi connectivity index (χ2v) is 11.2. The number of rotatable bonds is 8. The number of aliphatic imine (C=N–C) groups is 1. The number of amidine groups is 1. The summed E-state index contributed by atoms with van der Waals surface area (Å²) in [5.74, 6) is 1.17. The molecule has 44 heavy (non-hydrogen) atoms. The third-order valence-corrected chi connectivity index (χ3v) is 7.89. The van der Waals surface area contributed by atoms with E-state index >= 15 is 0 Å². The van der Waals surface area contributed by atoms with Crippen LogP contribution >= 0.6 is 24.0 Å². The molecule has 1 atom stereocenters. The zero-order valence-corrected chi connectivity index (χ0v) is 25.5. The summed E-state index contributed by atoms with van der Waals surface area (Å²) in [6.45, 7) is 4.49. The number of halogens is 3. The van der Waals surface area contributed by atoms with E-state index in [1.165, 1.54) is 47.0 Å². The average Bonchev–Trinajstić information content (AvgIpc) is 3.63. The Hall–Kier alpha value is -4.43. The molecule has 0 aliphatic carbocycles. The average molecular weight is 641 g/mol. The molecule has 1 fully saturated rings. The molecule has 1 N–H and O–H groups in total. The van der Waals surface area contributed by atoms with Gasteiger partial charge in [-0.1, -0.05) is 43.0 Å². The van der Waals surface area contributed by atoms with Crippen molar-refractivity contribution in [2.45, 2.75) is 26.1 Å². The van der Waals surface area contributed by atoms with Crippen LogP contribution in [0.2, 0.25) is 0 Å². The van der Waals surface area contributed by atoms with Crippen LogP contribution in [0, 0.1) is 6.92 Å². The van der Waals surface area contributed by atoms with Crippen molar-refractivity contribution in [3.8, 4) is 28.6 Å². The van der Waals surface area contributed by atoms with E-state index in [9.17, 15) is 18.0 Å². The van der Waals surface area contributed by atoms with Gasteiger partial charge in [0, 0.05) is 12.1 Å². The van der Waals surface area contributed by atoms with E-state index in [2.05, 4.69) is 32.1 Å². The summed E-state index contributed by atoms with van der Waals surface area (Å²) in [4.78, 5) is 23.1. The van der Waals surface area contributed by atoms with Gasteiger partial charge in [0.05, 0.1) is 24.2 Å². The molecular formula is C30H27F3N6O3S2. The second kappa shape index (κ2) is 13.1. The fraction of sp³-hybridized carbons (Fsp3) is 0.233. The fourth-order valence-corrected chi connectivity index (χ4v) is 5.55. The van der Waals surface area contributed by atoms with Crippen LogP contribution in [0.1, 0.15) is 24.0 Å². The molecule has 14 heteroatoms. The highest BCUT2D eigenvalue weighted by atomic mass is 32.2. The molecule has 1 aliphatic rings. The van der Waals surface area contributed by atoms with E-state index in [0.717, 1.165) is 22.4 Å². The molecule has 0 saturated carbocycles. The Labute approximate surface area is 261 Å². The number of benzene rings is 3. The van der Waals surface area contributed by atoms with Gasteiger partial charge in [-0.2, -0.15) is 4.99 Å². The van der Waals surface area contributed by atoms with Crippen molar-refractivity contribution in [3.05, 3.63) is 84.2 Å². The minimum Gasteiger partial charge on any atom is -0.497 e. The van der Waals surface area contributed by atoms with E-state index in [1.54, 1.807) is 18.1 Å². The Kier molecular flexibility index (Phi) is 9.20. The maximum Gasteiger partial charge on any atom is 0.573 e. The van der Waals surface area contributed by atoms with Crippen molar-refractivity contribution in [1.29, 1.82) is 0 Å². The largest absolute Gasteiger partial charge is 0.573 e. The molecule has 1 unspecified atom stereocenters. The number of alkyl halides is 3. The Morgan fingerprint density at radius 2 is 1.82 bits per heavy atom. The number of nitrogens with one attached hydrogen (secondary N) is 1. The summed E-state index contributed by atoms with van der Waals surface area (Å²) in [5.41, 5.74) is 4.00. The lowest BCUT2D eigenvalue weighted by Gasteiger charge is -2.19. The van der Waals surface area contributed by atoms with Gasteiger partial charge < -0.3 is 14.8 Å². The number of carbonyl (C=O) groups is 1. The Morgan fingerprint density at radius 1 is 1.11 bits per heavy atom. The van der Waals surface area contributed by atoms with E-state index in [-0.39, 0.29) is 28.4 Å². The summed E-state index contributed by atoms with van der Waals surface area (Å²) in [7, 11) is 1.60. The standard InChI is InChI=1S/C30H27F3N6O3S2/c1-18-14-24(41-3)12-13-25(18)39-26(40)16-44-29(39)36-28(43)34-15-19(2)20-4-6-21(7-5-20)27-35-17-38(37-27)22-8-10-23(11-9-22)42-30(31,32)33/h4-14,17,19H,15-16H2,1-3H3,(H,34,43)/b36-29-. The Bertz CT molecular complexity index is 1690. The van der Waals surface area contributed by atoms with Gasteiger partial charge in [0.2, 0.25) is 5.91 Å². The zero-order valence-electron chi connectivity index (χ0n) is 23.8. The number of hydrogen-bond donors (Lipinski definition) is 1. The summed E-state index contributed by atoms with van der Waals surface area (Å²) in [5, 5.41) is 8.44. The third kappa shape index (κ3) is 7.37. The SMILES string of the molecule is COc1ccc(N2C(=O)CS/C2=N\C(=S)NCC(C)c2ccc(-c3ncn(-c4ccc(OC(F)(F)F)cc4)n3)cc2)c(C)c1. The number of aromatic nitrogens is 3. The van der Waals surface area contributed by atoms with Gasteiger partial charge in [0.1, 0.15) is 17.8 Å². The quantitative estimate of drug-likeness (QED) is 0.226. The Morgan fingerprint density at radius 3 is 2.48 bits per heavy atom. The highest BCUT2D eigenvalue weighted by Gasteiger charge is 2.32. The number of anilines is 1. The highest BCUT2D eigenvalue weighted by molar-refractivity contribution is 8.15. The highest BCUT2D eigenvalue weighted by Crippen LogP contribution is 2.31. The van der Waals surface area contributed by atoms with Gasteiger partial charge in [-0.15, -0.1) is 18.3 Å². The van der Waals surface area contributed by atoms with Gasteiger partial charge in [-0.25, -0.2) is 9.67 Å². The molecule has 5 rings (SSSR count). The lowest BCUT2D eigenvalue weighted by molar-refractivity contribution is -0.274. The number of thioether (sulfide) groups is 1. The first-order valence-corrected chi connectivity index (χ1v) is 14.7. The Balaban J connectivity index is 1.19. The van der Waals surface area contributed by atoms with Crippen LogP contribution in [0.5, 0.6) is 11.5 Å². The number of ether oxygens (including phenoxy) is 2. The number of amides is 1. The third-order valence-electron chi connectivity index (χ3n) is 6.73. The fourth-order valence-electron chi connectivity index (χ4n) is 4.45. The van der Waals surface area contributed by atoms with Gasteiger partial charge in [-0.3, -0.25) is 9.69 Å². The van der Waals surface area contributed by atoms with E-state index in [0.29, 0.717) is 29.0 Å². The van der Waals surface area contributed by atoms with Crippen molar-refractivity contribution < 1.29 is 27.4 Å². The van der Waals surface area contributed by atoms with Crippen LogP contribution < -0.4 is 19.7 Å². The van der Waals surface area contributed by atoms with Crippen LogP contribution in [0.3, 0.4) is 0 Å². The van der Waals surface area contributed by atoms with Crippen LogP contribution in [-0.2, 0) is 4.79 Å². The first-order valence-electron chi connectivity index (χ1n) is 13.4. The smallest absolute Gasteiger partial charge is 0.497 e. The van der Waals surface area contributed by atoms with Crippen molar-refractivity contribution in [2.24, 2.45) is 4.99 Å². The van der Waals surface area contributed by atoms with E-state index in [1.807, 2.05) is 43.3 Å². The second-order valence-electron chi connectivity index (χ2n) is 9.83. The van der Waals surface area contributed by atoms with Crippen molar-refractivity contribution in [3.63, 3.8) is 0 Å². The maximum absolute atomic E-state index is 12.7. The molecule has 0 spiro atoms. The zero-order chi connectivity index (χ0) is 31.4. The molecule has 1 aromatic heterocycles. The normalized spacial score (nSPS) is 15.0. The molecule has 1 aliphatic heterocycles. The molecule has 0 bridgehead atoms. The summed E-state index contributed by atoms with van der Waals surface area (Å²) < 4.78 is 47.9. The van der Waals surface area contributed by atoms with Crippen LogP contribution in [0.4, 0.5) is 18.9 Å². The number of methoxy groups -OCH3 is 1. The van der Waals surface area contributed by atoms with Crippen molar-refractivity contribution in [1.82, 2.24) is 20.1 Å². The summed E-state index contributed by atoms with van der Waals surface area (Å²) in [6.07, 6.45) is -3.26. The van der Waals surface area contributed by atoms with Crippen molar-refractivity contribution >= 4 is 45.9 Å². The number of hydrogen-bond acceptors (Lipinski definition) is 7. The van der Waals surface area contributed by atoms with E-state index < -0.39 is 6.36 Å². The number of nitrogens with zero attached hydrogens (tertiary/aromatic N) is 5. The van der Waals surface area contributed by atoms with Gasteiger partial charge in [0.25, 0.3) is 0 Å². The number of aryl methyl sites for hydroxylation is 1. The molecule has 4 aromatic rings. The van der Waals surface area contributed by atoms with Gasteiger partial charge >= 0.3 is 6.36 Å². The maximum atomic E-state index is 12.7. The first-order chi connectivity index (χ1) is 21.0. The van der Waals surface area contributed by atoms with Gasteiger partial charge in [0.15, 0.2) is 16.1 Å². The first kappa shape index (κ1) is 31.0. The lowest BCUT2D eigenvalue weighted by atomic mass is 10.00. The predicted molar refractivity (Wildman–Crippen MR) is 168 cm³/mol. The minimum atomic E-state index is -4.75. The molecule has 1 amide bonds. The minimum absolute atomic E-state index is 0.0639. The predicted octanol–water partition coefficient (Wildman–Crippen LogP) is 6.26. The van der Waals surface area contributed by atoms with Crippen LogP contribution in [0.15, 0.2) is 78.0 Å². The van der Waals surface area contributed by atoms with Crippen LogP contribution in [-0.4, -0.2) is 56.7 Å². The number of carbonyl (C=O) groups excluding carboxylic acids is 1. The molecule has 2 heterocycles. The van der Waals surface area contributed by atoms with Crippen molar-refractivity contribution in [2.75, 3.05) is 24.3 Å². The topological polar surface area (TPSA) is 93.9 Å². The summed E-state index contributed by atoms with van der Waals surface area (Å²) >= 11 is 6.83. The molecule has 9 nitrogen and oxygen atoms in total. The molecular weight excluding hydrogens is 613 g/mol. The molecule has 1 saturated heterocycles.